The minimum absolute atomic E-state index is 0.131. The van der Waals surface area contributed by atoms with E-state index in [1.807, 2.05) is 37.3 Å². The Bertz CT molecular complexity index is 652. The quantitative estimate of drug-likeness (QED) is 0.782. The van der Waals surface area contributed by atoms with E-state index in [0.717, 1.165) is 12.0 Å². The van der Waals surface area contributed by atoms with Crippen LogP contribution in [0.1, 0.15) is 35.7 Å². The van der Waals surface area contributed by atoms with Crippen LogP contribution in [0.4, 0.5) is 0 Å². The maximum absolute atomic E-state index is 12.1. The zero-order chi connectivity index (χ0) is 16.7. The highest BCUT2D eigenvalue weighted by Gasteiger charge is 2.18. The third-order valence-corrected chi connectivity index (χ3v) is 3.58. The Balaban J connectivity index is 1.92. The van der Waals surface area contributed by atoms with Crippen molar-refractivity contribution in [2.75, 3.05) is 6.54 Å². The molecular formula is C17H21N3O3. The molecule has 0 aliphatic heterocycles. The lowest BCUT2D eigenvalue weighted by Crippen LogP contribution is -2.32. The molecule has 0 spiro atoms. The number of carboxylic acid groups (broad SMARTS) is 1. The van der Waals surface area contributed by atoms with Crippen LogP contribution in [0.25, 0.3) is 0 Å². The van der Waals surface area contributed by atoms with E-state index >= 15 is 0 Å². The van der Waals surface area contributed by atoms with Gasteiger partial charge in [-0.15, -0.1) is 0 Å². The predicted octanol–water partition coefficient (Wildman–Crippen LogP) is 2.16. The molecule has 0 aliphatic carbocycles. The van der Waals surface area contributed by atoms with Crippen LogP contribution in [0.2, 0.25) is 0 Å². The lowest BCUT2D eigenvalue weighted by Gasteiger charge is -2.11. The van der Waals surface area contributed by atoms with E-state index in [1.165, 1.54) is 6.20 Å². The summed E-state index contributed by atoms with van der Waals surface area (Å²) in [7, 11) is 0. The zero-order valence-corrected chi connectivity index (χ0v) is 13.1. The number of carboxylic acids is 1. The van der Waals surface area contributed by atoms with E-state index in [2.05, 4.69) is 10.4 Å². The molecule has 2 aromatic rings. The lowest BCUT2D eigenvalue weighted by atomic mass is 10.0. The molecule has 0 fully saturated rings. The van der Waals surface area contributed by atoms with Crippen LogP contribution < -0.4 is 5.32 Å². The average molecular weight is 315 g/mol. The second kappa shape index (κ2) is 8.12. The summed E-state index contributed by atoms with van der Waals surface area (Å²) in [5, 5.41) is 15.9. The van der Waals surface area contributed by atoms with Gasteiger partial charge in [0, 0.05) is 12.7 Å². The van der Waals surface area contributed by atoms with Crippen molar-refractivity contribution in [2.45, 2.75) is 26.3 Å². The van der Waals surface area contributed by atoms with Gasteiger partial charge in [-0.3, -0.25) is 14.3 Å². The number of aliphatic carboxylic acids is 1. The minimum atomic E-state index is -0.882. The SMILES string of the molecule is CCCC(CNC(=O)c1cnn(Cc2ccccc2)c1)C(=O)O. The molecule has 2 N–H and O–H groups in total. The van der Waals surface area contributed by atoms with Gasteiger partial charge in [0.05, 0.1) is 24.2 Å². The number of amides is 1. The van der Waals surface area contributed by atoms with Crippen molar-refractivity contribution in [1.29, 1.82) is 0 Å². The monoisotopic (exact) mass is 315 g/mol. The Morgan fingerprint density at radius 3 is 2.70 bits per heavy atom. The number of benzene rings is 1. The molecule has 0 saturated heterocycles. The van der Waals surface area contributed by atoms with Gasteiger partial charge in [0.15, 0.2) is 0 Å². The molecule has 6 nitrogen and oxygen atoms in total. The summed E-state index contributed by atoms with van der Waals surface area (Å²) in [4.78, 5) is 23.2. The molecule has 1 unspecified atom stereocenters. The molecule has 23 heavy (non-hydrogen) atoms. The first kappa shape index (κ1) is 16.7. The number of hydrogen-bond acceptors (Lipinski definition) is 3. The van der Waals surface area contributed by atoms with Crippen molar-refractivity contribution in [1.82, 2.24) is 15.1 Å². The number of carbonyl (C=O) groups is 2. The van der Waals surface area contributed by atoms with Gasteiger partial charge in [-0.05, 0) is 12.0 Å². The van der Waals surface area contributed by atoms with Crippen molar-refractivity contribution in [3.05, 3.63) is 53.9 Å². The highest BCUT2D eigenvalue weighted by atomic mass is 16.4. The maximum Gasteiger partial charge on any atom is 0.308 e. The number of carbonyl (C=O) groups excluding carboxylic acids is 1. The summed E-state index contributed by atoms with van der Waals surface area (Å²) in [6, 6.07) is 9.83. The number of nitrogens with one attached hydrogen (secondary N) is 1. The maximum atomic E-state index is 12.1. The normalized spacial score (nSPS) is 11.9. The summed E-state index contributed by atoms with van der Waals surface area (Å²) in [5.74, 6) is -1.73. The molecule has 1 aromatic carbocycles. The molecular weight excluding hydrogens is 294 g/mol. The first-order valence-electron chi connectivity index (χ1n) is 7.67. The van der Waals surface area contributed by atoms with Crippen LogP contribution >= 0.6 is 0 Å². The highest BCUT2D eigenvalue weighted by Crippen LogP contribution is 2.07. The van der Waals surface area contributed by atoms with Gasteiger partial charge in [0.2, 0.25) is 0 Å². The third-order valence-electron chi connectivity index (χ3n) is 3.58. The Morgan fingerprint density at radius 1 is 1.30 bits per heavy atom. The summed E-state index contributed by atoms with van der Waals surface area (Å²) in [6.45, 7) is 2.64. The van der Waals surface area contributed by atoms with Crippen LogP contribution in [-0.2, 0) is 11.3 Å². The summed E-state index contributed by atoms with van der Waals surface area (Å²) < 4.78 is 1.69. The first-order valence-corrected chi connectivity index (χ1v) is 7.67. The molecule has 0 aliphatic rings. The van der Waals surface area contributed by atoms with Gasteiger partial charge in [0.25, 0.3) is 5.91 Å². The molecule has 6 heteroatoms. The van der Waals surface area contributed by atoms with E-state index in [0.29, 0.717) is 18.5 Å². The molecule has 1 amide bonds. The molecule has 1 aromatic heterocycles. The molecule has 0 bridgehead atoms. The predicted molar refractivity (Wildman–Crippen MR) is 86.1 cm³/mol. The Kier molecular flexibility index (Phi) is 5.91. The second-order valence-corrected chi connectivity index (χ2v) is 5.45. The van der Waals surface area contributed by atoms with Crippen LogP contribution in [0.15, 0.2) is 42.7 Å². The molecule has 1 heterocycles. The van der Waals surface area contributed by atoms with Crippen molar-refractivity contribution in [3.63, 3.8) is 0 Å². The standard InChI is InChI=1S/C17H21N3O3/c1-2-6-14(17(22)23)9-18-16(21)15-10-19-20(12-15)11-13-7-4-3-5-8-13/h3-5,7-8,10,12,14H,2,6,9,11H2,1H3,(H,18,21)(H,22,23). The topological polar surface area (TPSA) is 84.2 Å². The number of rotatable bonds is 8. The van der Waals surface area contributed by atoms with Gasteiger partial charge in [-0.1, -0.05) is 43.7 Å². The van der Waals surface area contributed by atoms with Crippen LogP contribution in [0, 0.1) is 5.92 Å². The molecule has 1 atom stereocenters. The fourth-order valence-corrected chi connectivity index (χ4v) is 2.32. The number of hydrogen-bond donors (Lipinski definition) is 2. The molecule has 0 radical (unpaired) electrons. The minimum Gasteiger partial charge on any atom is -0.481 e. The largest absolute Gasteiger partial charge is 0.481 e. The lowest BCUT2D eigenvalue weighted by molar-refractivity contribution is -0.141. The zero-order valence-electron chi connectivity index (χ0n) is 13.1. The van der Waals surface area contributed by atoms with Crippen molar-refractivity contribution in [3.8, 4) is 0 Å². The van der Waals surface area contributed by atoms with Gasteiger partial charge in [0.1, 0.15) is 0 Å². The Labute approximate surface area is 135 Å². The second-order valence-electron chi connectivity index (χ2n) is 5.45. The summed E-state index contributed by atoms with van der Waals surface area (Å²) in [5.41, 5.74) is 1.53. The van der Waals surface area contributed by atoms with Crippen molar-refractivity contribution in [2.24, 2.45) is 5.92 Å². The third kappa shape index (κ3) is 4.95. The van der Waals surface area contributed by atoms with E-state index in [1.54, 1.807) is 10.9 Å². The number of aromatic nitrogens is 2. The fourth-order valence-electron chi connectivity index (χ4n) is 2.32. The van der Waals surface area contributed by atoms with Gasteiger partial charge < -0.3 is 10.4 Å². The Hall–Kier alpha value is -2.63. The van der Waals surface area contributed by atoms with Crippen LogP contribution in [0.3, 0.4) is 0 Å². The molecule has 2 rings (SSSR count). The van der Waals surface area contributed by atoms with Gasteiger partial charge >= 0.3 is 5.97 Å². The first-order chi connectivity index (χ1) is 11.1. The van der Waals surface area contributed by atoms with Crippen molar-refractivity contribution >= 4 is 11.9 Å². The average Bonchev–Trinajstić information content (AvgIpc) is 3.00. The molecule has 0 saturated carbocycles. The van der Waals surface area contributed by atoms with Crippen LogP contribution in [-0.4, -0.2) is 33.3 Å². The van der Waals surface area contributed by atoms with E-state index in [9.17, 15) is 9.59 Å². The fraction of sp³-hybridized carbons (Fsp3) is 0.353. The van der Waals surface area contributed by atoms with Crippen LogP contribution in [0.5, 0.6) is 0 Å². The summed E-state index contributed by atoms with van der Waals surface area (Å²) in [6.07, 6.45) is 4.47. The Morgan fingerprint density at radius 2 is 2.04 bits per heavy atom. The van der Waals surface area contributed by atoms with E-state index < -0.39 is 11.9 Å². The highest BCUT2D eigenvalue weighted by molar-refractivity contribution is 5.93. The smallest absolute Gasteiger partial charge is 0.308 e. The van der Waals surface area contributed by atoms with E-state index in [-0.39, 0.29) is 12.5 Å². The van der Waals surface area contributed by atoms with Gasteiger partial charge in [-0.2, -0.15) is 5.10 Å². The number of nitrogens with zero attached hydrogens (tertiary/aromatic N) is 2. The van der Waals surface area contributed by atoms with Crippen molar-refractivity contribution < 1.29 is 14.7 Å². The van der Waals surface area contributed by atoms with E-state index in [4.69, 9.17) is 5.11 Å². The van der Waals surface area contributed by atoms with Gasteiger partial charge in [-0.25, -0.2) is 0 Å². The molecule has 122 valence electrons. The summed E-state index contributed by atoms with van der Waals surface area (Å²) >= 11 is 0.